The molecule has 9 aromatic carbocycles. The van der Waals surface area contributed by atoms with Gasteiger partial charge < -0.3 is 14.2 Å². The van der Waals surface area contributed by atoms with Gasteiger partial charge in [0.15, 0.2) is 5.58 Å². The summed E-state index contributed by atoms with van der Waals surface area (Å²) in [7, 11) is 0. The minimum absolute atomic E-state index is 0.613. The number of anilines is 6. The molecule has 0 spiro atoms. The van der Waals surface area contributed by atoms with Crippen molar-refractivity contribution < 1.29 is 4.42 Å². The van der Waals surface area contributed by atoms with Crippen molar-refractivity contribution in [1.29, 1.82) is 0 Å². The highest BCUT2D eigenvalue weighted by Gasteiger charge is 2.17. The van der Waals surface area contributed by atoms with Crippen molar-refractivity contribution in [3.8, 4) is 33.2 Å². The number of aromatic nitrogens is 2. The monoisotopic (exact) mass is 788 g/mol. The Labute approximate surface area is 351 Å². The lowest BCUT2D eigenvalue weighted by Gasteiger charge is -2.26. The van der Waals surface area contributed by atoms with Crippen LogP contribution in [0.2, 0.25) is 0 Å². The zero-order valence-electron chi connectivity index (χ0n) is 32.4. The van der Waals surface area contributed by atoms with E-state index in [0.29, 0.717) is 5.89 Å². The minimum atomic E-state index is 0.613. The number of hydrogen-bond acceptors (Lipinski definition) is 6. The predicted octanol–water partition coefficient (Wildman–Crippen LogP) is 15.5. The molecule has 0 unspecified atom stereocenters. The molecule has 0 radical (unpaired) electrons. The Kier molecular flexibility index (Phi) is 8.95. The second kappa shape index (κ2) is 15.2. The highest BCUT2D eigenvalue weighted by Crippen LogP contribution is 2.41. The zero-order chi connectivity index (χ0) is 39.8. The first-order valence-corrected chi connectivity index (χ1v) is 20.8. The molecule has 11 rings (SSSR count). The second-order valence-electron chi connectivity index (χ2n) is 14.7. The number of thiazole rings is 1. The van der Waals surface area contributed by atoms with Crippen LogP contribution in [0.3, 0.4) is 0 Å². The first-order chi connectivity index (χ1) is 29.7. The molecule has 5 nitrogen and oxygen atoms in total. The largest absolute Gasteiger partial charge is 0.436 e. The smallest absolute Gasteiger partial charge is 0.227 e. The number of oxazole rings is 1. The maximum atomic E-state index is 6.07. The van der Waals surface area contributed by atoms with Crippen LogP contribution < -0.4 is 9.80 Å². The van der Waals surface area contributed by atoms with Gasteiger partial charge in [0.1, 0.15) is 10.5 Å². The summed E-state index contributed by atoms with van der Waals surface area (Å²) in [5, 5.41) is 3.38. The Hall–Kier alpha value is -7.80. The van der Waals surface area contributed by atoms with E-state index >= 15 is 0 Å². The van der Waals surface area contributed by atoms with Gasteiger partial charge in [0.25, 0.3) is 0 Å². The standard InChI is InChI=1S/C54H36N4OS/c1-3-13-43(14-4-1)57(45-29-24-37(25-30-45)53-55-49-18-7-9-20-51(49)59-53)47-17-11-12-39(35-47)40-22-23-42-36-48(33-28-41(42)34-40)58(44-15-5-2-6-16-44)46-31-26-38(27-32-46)54-56-50-19-8-10-21-52(50)60-54/h1-36H. The van der Waals surface area contributed by atoms with E-state index in [-0.39, 0.29) is 0 Å². The molecule has 0 fully saturated rings. The van der Waals surface area contributed by atoms with E-state index in [9.17, 15) is 0 Å². The SMILES string of the molecule is c1ccc(N(c2ccc(-c3nc4ccccc4o3)cc2)c2cccc(-c3ccc4cc(N(c5ccccc5)c5ccc(-c6nc7ccccc7s6)cc5)ccc4c3)c2)cc1. The highest BCUT2D eigenvalue weighted by molar-refractivity contribution is 7.21. The molecule has 0 aliphatic heterocycles. The van der Waals surface area contributed by atoms with Crippen molar-refractivity contribution >= 4 is 77.5 Å². The first-order valence-electron chi connectivity index (χ1n) is 20.0. The third-order valence-corrected chi connectivity index (χ3v) is 12.0. The van der Waals surface area contributed by atoms with Crippen molar-refractivity contribution in [3.63, 3.8) is 0 Å². The van der Waals surface area contributed by atoms with Crippen LogP contribution in [0, 0.1) is 0 Å². The highest BCUT2D eigenvalue weighted by atomic mass is 32.1. The molecule has 2 heterocycles. The molecule has 0 bridgehead atoms. The van der Waals surface area contributed by atoms with Crippen LogP contribution in [-0.4, -0.2) is 9.97 Å². The Morgan fingerprint density at radius 2 is 0.867 bits per heavy atom. The first kappa shape index (κ1) is 35.4. The van der Waals surface area contributed by atoms with Crippen molar-refractivity contribution in [2.45, 2.75) is 0 Å². The van der Waals surface area contributed by atoms with Gasteiger partial charge >= 0.3 is 0 Å². The summed E-state index contributed by atoms with van der Waals surface area (Å²) in [5.74, 6) is 0.613. The summed E-state index contributed by atoms with van der Waals surface area (Å²) in [4.78, 5) is 14.2. The van der Waals surface area contributed by atoms with Crippen LogP contribution in [0.15, 0.2) is 223 Å². The Morgan fingerprint density at radius 1 is 0.350 bits per heavy atom. The number of para-hydroxylation sites is 5. The van der Waals surface area contributed by atoms with Gasteiger partial charge in [-0.15, -0.1) is 11.3 Å². The summed E-state index contributed by atoms with van der Waals surface area (Å²) in [6.07, 6.45) is 0. The van der Waals surface area contributed by atoms with Gasteiger partial charge in [0.05, 0.1) is 10.2 Å². The fraction of sp³-hybridized carbons (Fsp3) is 0. The molecule has 284 valence electrons. The van der Waals surface area contributed by atoms with Gasteiger partial charge in [-0.1, -0.05) is 91.0 Å². The van der Waals surface area contributed by atoms with E-state index in [2.05, 4.69) is 198 Å². The van der Waals surface area contributed by atoms with Gasteiger partial charge in [0.2, 0.25) is 5.89 Å². The van der Waals surface area contributed by atoms with Crippen LogP contribution in [0.4, 0.5) is 34.1 Å². The van der Waals surface area contributed by atoms with E-state index in [1.165, 1.54) is 15.5 Å². The van der Waals surface area contributed by atoms with Crippen molar-refractivity contribution in [1.82, 2.24) is 9.97 Å². The average molecular weight is 789 g/mol. The van der Waals surface area contributed by atoms with E-state index in [1.54, 1.807) is 11.3 Å². The van der Waals surface area contributed by atoms with Crippen LogP contribution in [0.1, 0.15) is 0 Å². The molecule has 60 heavy (non-hydrogen) atoms. The summed E-state index contributed by atoms with van der Waals surface area (Å²) in [6, 6.07) is 76.7. The van der Waals surface area contributed by atoms with Crippen molar-refractivity contribution in [2.75, 3.05) is 9.80 Å². The Bertz CT molecular complexity index is 3200. The maximum Gasteiger partial charge on any atom is 0.227 e. The van der Waals surface area contributed by atoms with Gasteiger partial charge in [0, 0.05) is 45.3 Å². The molecule has 0 aliphatic carbocycles. The van der Waals surface area contributed by atoms with Crippen molar-refractivity contribution in [3.05, 3.63) is 218 Å². The molecule has 0 atom stereocenters. The summed E-state index contributed by atoms with van der Waals surface area (Å²) < 4.78 is 7.27. The van der Waals surface area contributed by atoms with Crippen LogP contribution in [0.5, 0.6) is 0 Å². The predicted molar refractivity (Wildman–Crippen MR) is 250 cm³/mol. The number of hydrogen-bond donors (Lipinski definition) is 0. The van der Waals surface area contributed by atoms with E-state index in [1.807, 2.05) is 30.3 Å². The van der Waals surface area contributed by atoms with E-state index in [0.717, 1.165) is 78.0 Å². The Morgan fingerprint density at radius 3 is 1.57 bits per heavy atom. The van der Waals surface area contributed by atoms with E-state index < -0.39 is 0 Å². The lowest BCUT2D eigenvalue weighted by molar-refractivity contribution is 0.620. The molecule has 0 saturated carbocycles. The van der Waals surface area contributed by atoms with Crippen LogP contribution in [0.25, 0.3) is 65.2 Å². The topological polar surface area (TPSA) is 45.4 Å². The number of rotatable bonds is 9. The number of nitrogens with zero attached hydrogens (tertiary/aromatic N) is 4. The maximum absolute atomic E-state index is 6.07. The molecule has 0 saturated heterocycles. The zero-order valence-corrected chi connectivity index (χ0v) is 33.2. The molecule has 6 heteroatoms. The normalized spacial score (nSPS) is 11.3. The van der Waals surface area contributed by atoms with Crippen LogP contribution >= 0.6 is 11.3 Å². The summed E-state index contributed by atoms with van der Waals surface area (Å²) in [6.45, 7) is 0. The lowest BCUT2D eigenvalue weighted by atomic mass is 9.99. The summed E-state index contributed by atoms with van der Waals surface area (Å²) >= 11 is 1.73. The molecule has 0 amide bonds. The quantitative estimate of drug-likeness (QED) is 0.146. The average Bonchev–Trinajstić information content (AvgIpc) is 3.96. The molecular weight excluding hydrogens is 753 g/mol. The van der Waals surface area contributed by atoms with Gasteiger partial charge in [-0.25, -0.2) is 9.97 Å². The van der Waals surface area contributed by atoms with Gasteiger partial charge in [-0.2, -0.15) is 0 Å². The third-order valence-electron chi connectivity index (χ3n) is 10.9. The fourth-order valence-corrected chi connectivity index (χ4v) is 8.89. The molecule has 2 aromatic heterocycles. The number of benzene rings is 9. The van der Waals surface area contributed by atoms with Gasteiger partial charge in [-0.05, 0) is 149 Å². The summed E-state index contributed by atoms with van der Waals surface area (Å²) in [5.41, 5.74) is 13.5. The molecule has 11 aromatic rings. The fourth-order valence-electron chi connectivity index (χ4n) is 7.92. The second-order valence-corrected chi connectivity index (χ2v) is 15.7. The molecule has 0 N–H and O–H groups in total. The Balaban J connectivity index is 0.908. The van der Waals surface area contributed by atoms with E-state index in [4.69, 9.17) is 14.4 Å². The molecular formula is C54H36N4OS. The van der Waals surface area contributed by atoms with Gasteiger partial charge in [-0.3, -0.25) is 0 Å². The molecule has 0 aliphatic rings. The lowest BCUT2D eigenvalue weighted by Crippen LogP contribution is -2.10. The third kappa shape index (κ3) is 6.75. The van der Waals surface area contributed by atoms with Crippen molar-refractivity contribution in [2.24, 2.45) is 0 Å². The number of fused-ring (bicyclic) bond motifs is 3. The minimum Gasteiger partial charge on any atom is -0.436 e. The van der Waals surface area contributed by atoms with Crippen LogP contribution in [-0.2, 0) is 0 Å².